The van der Waals surface area contributed by atoms with Crippen LogP contribution < -0.4 is 10.1 Å². The van der Waals surface area contributed by atoms with Crippen LogP contribution in [-0.2, 0) is 9.53 Å². The molecule has 0 saturated carbocycles. The van der Waals surface area contributed by atoms with E-state index in [2.05, 4.69) is 15.3 Å². The Morgan fingerprint density at radius 3 is 2.90 bits per heavy atom. The first-order valence-corrected chi connectivity index (χ1v) is 6.28. The van der Waals surface area contributed by atoms with E-state index in [-0.39, 0.29) is 6.54 Å². The predicted molar refractivity (Wildman–Crippen MR) is 74.4 cm³/mol. The Bertz CT molecular complexity index is 486. The first kappa shape index (κ1) is 15.8. The van der Waals surface area contributed by atoms with Gasteiger partial charge >= 0.3 is 5.97 Å². The van der Waals surface area contributed by atoms with Gasteiger partial charge in [0.15, 0.2) is 0 Å². The Balaban J connectivity index is 2.92. The van der Waals surface area contributed by atoms with Gasteiger partial charge in [-0.1, -0.05) is 23.3 Å². The summed E-state index contributed by atoms with van der Waals surface area (Å²) in [5.41, 5.74) is 8.93. The summed E-state index contributed by atoms with van der Waals surface area (Å²) in [6, 6.07) is 6.60. The Morgan fingerprint density at radius 2 is 2.25 bits per heavy atom. The van der Waals surface area contributed by atoms with Crippen LogP contribution in [0.3, 0.4) is 0 Å². The molecule has 1 aromatic rings. The average molecular weight is 278 g/mol. The van der Waals surface area contributed by atoms with E-state index in [0.717, 1.165) is 0 Å². The van der Waals surface area contributed by atoms with Crippen LogP contribution in [0.4, 0.5) is 0 Å². The van der Waals surface area contributed by atoms with Crippen molar-refractivity contribution in [3.8, 4) is 5.75 Å². The van der Waals surface area contributed by atoms with Crippen LogP contribution >= 0.6 is 0 Å². The maximum absolute atomic E-state index is 11.9. The molecule has 0 spiro atoms. The smallest absolute Gasteiger partial charge is 0.327 e. The van der Waals surface area contributed by atoms with Crippen LogP contribution in [0.2, 0.25) is 0 Å². The van der Waals surface area contributed by atoms with Crippen molar-refractivity contribution < 1.29 is 14.3 Å². The second kappa shape index (κ2) is 8.79. The number of benzene rings is 1. The van der Waals surface area contributed by atoms with Crippen molar-refractivity contribution in [1.29, 1.82) is 0 Å². The Hall–Kier alpha value is -2.24. The molecule has 0 aliphatic carbocycles. The van der Waals surface area contributed by atoms with Crippen molar-refractivity contribution in [3.05, 3.63) is 40.3 Å². The summed E-state index contributed by atoms with van der Waals surface area (Å²) in [6.45, 7) is 2.99. The molecule has 108 valence electrons. The van der Waals surface area contributed by atoms with Gasteiger partial charge in [-0.05, 0) is 18.5 Å². The number of carbonyl (C=O) groups excluding carboxylic acids is 1. The van der Waals surface area contributed by atoms with E-state index in [4.69, 9.17) is 15.0 Å². The fraction of sp³-hybridized carbons (Fsp3) is 0.462. The number of azide groups is 1. The Kier molecular flexibility index (Phi) is 6.95. The molecular formula is C13H18N4O3. The number of carbonyl (C=O) groups is 1. The van der Waals surface area contributed by atoms with E-state index in [0.29, 0.717) is 24.5 Å². The van der Waals surface area contributed by atoms with Crippen molar-refractivity contribution >= 4 is 5.97 Å². The van der Waals surface area contributed by atoms with Crippen molar-refractivity contribution in [1.82, 2.24) is 5.32 Å². The number of nitrogens with zero attached hydrogens (tertiary/aromatic N) is 3. The van der Waals surface area contributed by atoms with Gasteiger partial charge < -0.3 is 14.8 Å². The molecule has 1 aromatic carbocycles. The highest BCUT2D eigenvalue weighted by Crippen LogP contribution is 2.25. The van der Waals surface area contributed by atoms with Crippen LogP contribution in [0.5, 0.6) is 5.75 Å². The molecule has 0 aliphatic heterocycles. The minimum absolute atomic E-state index is 0.251. The highest BCUT2D eigenvalue weighted by Gasteiger charge is 2.23. The third-order valence-corrected chi connectivity index (χ3v) is 2.59. The van der Waals surface area contributed by atoms with Gasteiger partial charge in [0.1, 0.15) is 11.8 Å². The first-order valence-electron chi connectivity index (χ1n) is 6.28. The molecule has 1 N–H and O–H groups in total. The number of ether oxygens (including phenoxy) is 2. The highest BCUT2D eigenvalue weighted by molar-refractivity contribution is 5.78. The minimum atomic E-state index is -0.656. The second-order valence-electron chi connectivity index (χ2n) is 3.84. The molecule has 0 radical (unpaired) electrons. The lowest BCUT2D eigenvalue weighted by Crippen LogP contribution is -2.31. The number of rotatable bonds is 8. The van der Waals surface area contributed by atoms with Crippen molar-refractivity contribution in [3.63, 3.8) is 0 Å². The third kappa shape index (κ3) is 4.46. The van der Waals surface area contributed by atoms with Crippen LogP contribution in [-0.4, -0.2) is 32.8 Å². The van der Waals surface area contributed by atoms with Gasteiger partial charge in [-0.2, -0.15) is 0 Å². The number of nitrogens with one attached hydrogen (secondary N) is 1. The number of hydrogen-bond donors (Lipinski definition) is 1. The Labute approximate surface area is 117 Å². The van der Waals surface area contributed by atoms with Gasteiger partial charge in [0.25, 0.3) is 0 Å². The van der Waals surface area contributed by atoms with E-state index in [9.17, 15) is 4.79 Å². The molecule has 7 nitrogen and oxygen atoms in total. The van der Waals surface area contributed by atoms with Crippen molar-refractivity contribution in [2.24, 2.45) is 5.11 Å². The highest BCUT2D eigenvalue weighted by atomic mass is 16.5. The van der Waals surface area contributed by atoms with E-state index in [1.54, 1.807) is 12.1 Å². The lowest BCUT2D eigenvalue weighted by molar-refractivity contribution is -0.143. The molecule has 0 bridgehead atoms. The molecule has 0 fully saturated rings. The number of methoxy groups -OCH3 is 1. The number of hydrogen-bond acceptors (Lipinski definition) is 5. The minimum Gasteiger partial charge on any atom is -0.494 e. The number of para-hydroxylation sites is 1. The van der Waals surface area contributed by atoms with E-state index in [1.807, 2.05) is 19.1 Å². The van der Waals surface area contributed by atoms with Gasteiger partial charge in [-0.3, -0.25) is 0 Å². The van der Waals surface area contributed by atoms with E-state index >= 15 is 0 Å². The molecule has 0 aliphatic rings. The molecule has 1 rings (SSSR count). The normalized spacial score (nSPS) is 11.3. The Morgan fingerprint density at radius 1 is 1.50 bits per heavy atom. The van der Waals surface area contributed by atoms with Crippen LogP contribution in [0, 0.1) is 0 Å². The van der Waals surface area contributed by atoms with Crippen LogP contribution in [0.25, 0.3) is 10.4 Å². The van der Waals surface area contributed by atoms with Gasteiger partial charge in [0.2, 0.25) is 0 Å². The van der Waals surface area contributed by atoms with Crippen molar-refractivity contribution in [2.45, 2.75) is 13.0 Å². The molecule has 7 heteroatoms. The monoisotopic (exact) mass is 278 g/mol. The summed E-state index contributed by atoms with van der Waals surface area (Å²) < 4.78 is 10.3. The molecule has 20 heavy (non-hydrogen) atoms. The zero-order valence-electron chi connectivity index (χ0n) is 11.6. The third-order valence-electron chi connectivity index (χ3n) is 2.59. The zero-order chi connectivity index (χ0) is 14.8. The maximum atomic E-state index is 11.9. The molecule has 1 atom stereocenters. The van der Waals surface area contributed by atoms with E-state index in [1.165, 1.54) is 7.11 Å². The molecule has 0 amide bonds. The van der Waals surface area contributed by atoms with Gasteiger partial charge in [0.05, 0.1) is 13.7 Å². The summed E-state index contributed by atoms with van der Waals surface area (Å²) in [7, 11) is 1.33. The van der Waals surface area contributed by atoms with Gasteiger partial charge in [-0.15, -0.1) is 0 Å². The quantitative estimate of drug-likeness (QED) is 0.259. The average Bonchev–Trinajstić information content (AvgIpc) is 2.48. The van der Waals surface area contributed by atoms with Crippen LogP contribution in [0.1, 0.15) is 18.5 Å². The van der Waals surface area contributed by atoms with Crippen LogP contribution in [0.15, 0.2) is 29.4 Å². The topological polar surface area (TPSA) is 96.3 Å². The molecule has 0 saturated heterocycles. The van der Waals surface area contributed by atoms with E-state index < -0.39 is 12.0 Å². The van der Waals surface area contributed by atoms with Gasteiger partial charge in [-0.25, -0.2) is 4.79 Å². The maximum Gasteiger partial charge on any atom is 0.327 e. The summed E-state index contributed by atoms with van der Waals surface area (Å²) in [4.78, 5) is 14.6. The summed E-state index contributed by atoms with van der Waals surface area (Å²) in [5, 5.41) is 6.42. The zero-order valence-corrected chi connectivity index (χ0v) is 11.6. The van der Waals surface area contributed by atoms with Gasteiger partial charge in [0, 0.05) is 23.6 Å². The number of esters is 1. The molecule has 0 aromatic heterocycles. The lowest BCUT2D eigenvalue weighted by Gasteiger charge is -2.19. The summed E-state index contributed by atoms with van der Waals surface area (Å²) in [5.74, 6) is 0.208. The SMILES string of the molecule is CCOc1ccccc1C(NCCN=[N+]=[N-])C(=O)OC. The molecule has 1 unspecified atom stereocenters. The second-order valence-corrected chi connectivity index (χ2v) is 3.84. The molecular weight excluding hydrogens is 260 g/mol. The fourth-order valence-electron chi connectivity index (χ4n) is 1.75. The molecule has 0 heterocycles. The van der Waals surface area contributed by atoms with Crippen molar-refractivity contribution in [2.75, 3.05) is 26.8 Å². The summed E-state index contributed by atoms with van der Waals surface area (Å²) >= 11 is 0. The lowest BCUT2D eigenvalue weighted by atomic mass is 10.1. The summed E-state index contributed by atoms with van der Waals surface area (Å²) in [6.07, 6.45) is 0. The fourth-order valence-corrected chi connectivity index (χ4v) is 1.75. The standard InChI is InChI=1S/C13H18N4O3/c1-3-20-11-7-5-4-6-10(11)12(13(18)19-2)15-8-9-16-17-14/h4-7,12,15H,3,8-9H2,1-2H3. The largest absolute Gasteiger partial charge is 0.494 e. The predicted octanol–water partition coefficient (Wildman–Crippen LogP) is 2.20. The first-order chi connectivity index (χ1) is 9.74.